The lowest BCUT2D eigenvalue weighted by atomic mass is 10.0. The molecule has 0 spiro atoms. The molecule has 0 saturated heterocycles. The smallest absolute Gasteiger partial charge is 0.0945 e. The summed E-state index contributed by atoms with van der Waals surface area (Å²) in [6, 6.07) is 5.96. The van der Waals surface area contributed by atoms with Crippen molar-refractivity contribution in [2.45, 2.75) is 62.0 Å². The van der Waals surface area contributed by atoms with Crippen LogP contribution in [0.15, 0.2) is 36.9 Å². The van der Waals surface area contributed by atoms with Crippen LogP contribution in [0.25, 0.3) is 0 Å². The zero-order valence-electron chi connectivity index (χ0n) is 13.8. The number of hydrogen-bond donors (Lipinski definition) is 0. The first-order valence-corrected chi connectivity index (χ1v) is 10.5. The third kappa shape index (κ3) is 5.18. The summed E-state index contributed by atoms with van der Waals surface area (Å²) in [5.41, 5.74) is 1.24. The second kappa shape index (κ2) is 9.17. The van der Waals surface area contributed by atoms with E-state index in [1.54, 1.807) is 0 Å². The lowest BCUT2D eigenvalue weighted by Gasteiger charge is -2.27. The molecule has 1 aliphatic carbocycles. The van der Waals surface area contributed by atoms with E-state index < -0.39 is 0 Å². The van der Waals surface area contributed by atoms with E-state index in [2.05, 4.69) is 27.4 Å². The van der Waals surface area contributed by atoms with E-state index >= 15 is 0 Å². The number of nitrogens with zero attached hydrogens (tertiary/aromatic N) is 2. The third-order valence-corrected chi connectivity index (χ3v) is 6.90. The quantitative estimate of drug-likeness (QED) is 0.525. The molecule has 0 N–H and O–H groups in total. The van der Waals surface area contributed by atoms with E-state index in [1.165, 1.54) is 37.7 Å². The first kappa shape index (κ1) is 18.2. The minimum Gasteiger partial charge on any atom is -0.337 e. The van der Waals surface area contributed by atoms with E-state index in [0.717, 1.165) is 29.7 Å². The molecule has 130 valence electrons. The largest absolute Gasteiger partial charge is 0.337 e. The van der Waals surface area contributed by atoms with Crippen molar-refractivity contribution in [3.63, 3.8) is 0 Å². The maximum Gasteiger partial charge on any atom is 0.0945 e. The average Bonchev–Trinajstić information content (AvgIpc) is 3.08. The molecule has 24 heavy (non-hydrogen) atoms. The van der Waals surface area contributed by atoms with Crippen LogP contribution in [0.5, 0.6) is 0 Å². The Morgan fingerprint density at radius 1 is 1.21 bits per heavy atom. The summed E-state index contributed by atoms with van der Waals surface area (Å²) in [5, 5.41) is 2.73. The van der Waals surface area contributed by atoms with Crippen molar-refractivity contribution in [2.75, 3.05) is 0 Å². The average molecular weight is 383 g/mol. The zero-order valence-corrected chi connectivity index (χ0v) is 16.2. The van der Waals surface area contributed by atoms with E-state index in [0.29, 0.717) is 10.3 Å². The number of aromatic nitrogens is 2. The summed E-state index contributed by atoms with van der Waals surface area (Å²) < 4.78 is 2.14. The van der Waals surface area contributed by atoms with Gasteiger partial charge in [-0.25, -0.2) is 4.98 Å². The Kier molecular flexibility index (Phi) is 6.94. The summed E-state index contributed by atoms with van der Waals surface area (Å²) >= 11 is 14.7. The fraction of sp³-hybridized carbons (Fsp3) is 0.526. The molecule has 0 radical (unpaired) electrons. The lowest BCUT2D eigenvalue weighted by Crippen LogP contribution is -2.11. The highest BCUT2D eigenvalue weighted by Crippen LogP contribution is 2.43. The van der Waals surface area contributed by atoms with Crippen molar-refractivity contribution in [2.24, 2.45) is 0 Å². The molecular weight excluding hydrogens is 359 g/mol. The van der Waals surface area contributed by atoms with Gasteiger partial charge in [-0.1, -0.05) is 48.5 Å². The van der Waals surface area contributed by atoms with Gasteiger partial charge in [-0.05, 0) is 43.4 Å². The summed E-state index contributed by atoms with van der Waals surface area (Å²) in [6.07, 6.45) is 14.8. The molecule has 5 heteroatoms. The number of thioether (sulfide) groups is 1. The second-order valence-corrected chi connectivity index (χ2v) is 8.84. The molecule has 1 aromatic heterocycles. The SMILES string of the molecule is Clc1ccc(C(CCCn2ccnc2)SC2CCCCC2)c(Cl)c1. The monoisotopic (exact) mass is 382 g/mol. The minimum atomic E-state index is 0.446. The molecule has 1 fully saturated rings. The third-order valence-electron chi connectivity index (χ3n) is 4.66. The molecule has 1 atom stereocenters. The van der Waals surface area contributed by atoms with Gasteiger partial charge in [-0.15, -0.1) is 0 Å². The van der Waals surface area contributed by atoms with Crippen LogP contribution in [-0.2, 0) is 6.54 Å². The highest BCUT2D eigenvalue weighted by atomic mass is 35.5. The maximum atomic E-state index is 6.51. The maximum absolute atomic E-state index is 6.51. The molecule has 1 unspecified atom stereocenters. The molecule has 1 aliphatic rings. The zero-order chi connectivity index (χ0) is 16.8. The van der Waals surface area contributed by atoms with Crippen molar-refractivity contribution in [1.29, 1.82) is 0 Å². The predicted molar refractivity (Wildman–Crippen MR) is 105 cm³/mol. The molecular formula is C19H24Cl2N2S. The number of imidazole rings is 1. The summed E-state index contributed by atoms with van der Waals surface area (Å²) in [4.78, 5) is 4.12. The lowest BCUT2D eigenvalue weighted by molar-refractivity contribution is 0.513. The Labute approximate surface area is 159 Å². The number of rotatable bonds is 7. The fourth-order valence-corrected chi connectivity index (χ4v) is 5.70. The van der Waals surface area contributed by atoms with Crippen molar-refractivity contribution in [1.82, 2.24) is 9.55 Å². The molecule has 1 saturated carbocycles. The molecule has 2 nitrogen and oxygen atoms in total. The van der Waals surface area contributed by atoms with Gasteiger partial charge >= 0.3 is 0 Å². The van der Waals surface area contributed by atoms with Crippen LogP contribution in [0.4, 0.5) is 0 Å². The molecule has 0 aliphatic heterocycles. The topological polar surface area (TPSA) is 17.8 Å². The van der Waals surface area contributed by atoms with Gasteiger partial charge in [0.2, 0.25) is 0 Å². The number of hydrogen-bond acceptors (Lipinski definition) is 2. The normalized spacial score (nSPS) is 17.1. The van der Waals surface area contributed by atoms with Gasteiger partial charge in [0.05, 0.1) is 6.33 Å². The van der Waals surface area contributed by atoms with Crippen molar-refractivity contribution in [3.05, 3.63) is 52.5 Å². The standard InChI is InChI=1S/C19H24Cl2N2S/c20-15-8-9-17(18(21)13-15)19(24-16-5-2-1-3-6-16)7-4-11-23-12-10-22-14-23/h8-10,12-14,16,19H,1-7,11H2. The number of benzene rings is 1. The van der Waals surface area contributed by atoms with Crippen LogP contribution >= 0.6 is 35.0 Å². The van der Waals surface area contributed by atoms with Crippen LogP contribution in [0.3, 0.4) is 0 Å². The molecule has 1 heterocycles. The van der Waals surface area contributed by atoms with Gasteiger partial charge in [0, 0.05) is 39.5 Å². The Bertz CT molecular complexity index is 624. The van der Waals surface area contributed by atoms with E-state index in [-0.39, 0.29) is 0 Å². The highest BCUT2D eigenvalue weighted by Gasteiger charge is 2.22. The van der Waals surface area contributed by atoms with Crippen LogP contribution in [-0.4, -0.2) is 14.8 Å². The molecule has 1 aromatic carbocycles. The molecule has 0 bridgehead atoms. The van der Waals surface area contributed by atoms with Gasteiger partial charge in [-0.2, -0.15) is 11.8 Å². The summed E-state index contributed by atoms with van der Waals surface area (Å²) in [7, 11) is 0. The van der Waals surface area contributed by atoms with Gasteiger partial charge in [0.15, 0.2) is 0 Å². The summed E-state index contributed by atoms with van der Waals surface area (Å²) in [6.45, 7) is 1.01. The first-order valence-electron chi connectivity index (χ1n) is 8.78. The van der Waals surface area contributed by atoms with Gasteiger partial charge in [0.1, 0.15) is 0 Å². The Balaban J connectivity index is 1.67. The minimum absolute atomic E-state index is 0.446. The highest BCUT2D eigenvalue weighted by molar-refractivity contribution is 8.00. The molecule has 3 rings (SSSR count). The first-order chi connectivity index (χ1) is 11.7. The van der Waals surface area contributed by atoms with Gasteiger partial charge in [-0.3, -0.25) is 0 Å². The Hall–Kier alpha value is -0.640. The van der Waals surface area contributed by atoms with Gasteiger partial charge < -0.3 is 4.57 Å². The van der Waals surface area contributed by atoms with E-state index in [4.69, 9.17) is 23.2 Å². The van der Waals surface area contributed by atoms with Gasteiger partial charge in [0.25, 0.3) is 0 Å². The predicted octanol–water partition coefficient (Wildman–Crippen LogP) is 6.78. The van der Waals surface area contributed by atoms with Crippen LogP contribution in [0.1, 0.15) is 55.8 Å². The number of halogens is 2. The van der Waals surface area contributed by atoms with Crippen molar-refractivity contribution in [3.8, 4) is 0 Å². The van der Waals surface area contributed by atoms with Crippen LogP contribution in [0.2, 0.25) is 10.0 Å². The summed E-state index contributed by atoms with van der Waals surface area (Å²) in [5.74, 6) is 0. The molecule has 2 aromatic rings. The van der Waals surface area contributed by atoms with E-state index in [1.807, 2.05) is 30.9 Å². The second-order valence-electron chi connectivity index (χ2n) is 6.49. The molecule has 0 amide bonds. The van der Waals surface area contributed by atoms with Crippen LogP contribution < -0.4 is 0 Å². The fourth-order valence-electron chi connectivity index (χ4n) is 3.37. The van der Waals surface area contributed by atoms with Crippen molar-refractivity contribution < 1.29 is 0 Å². The number of aryl methyl sites for hydroxylation is 1. The van der Waals surface area contributed by atoms with Crippen molar-refractivity contribution >= 4 is 35.0 Å². The Morgan fingerprint density at radius 2 is 2.04 bits per heavy atom. The van der Waals surface area contributed by atoms with Crippen LogP contribution in [0, 0.1) is 0 Å². The van der Waals surface area contributed by atoms with E-state index in [9.17, 15) is 0 Å². The Morgan fingerprint density at radius 3 is 2.75 bits per heavy atom.